The number of aryl methyl sites for hydroxylation is 1. The number of H-pyrrole nitrogens is 1. The summed E-state index contributed by atoms with van der Waals surface area (Å²) in [5.41, 5.74) is 2.55. The quantitative estimate of drug-likeness (QED) is 0.0805. The van der Waals surface area contributed by atoms with Gasteiger partial charge in [0.15, 0.2) is 0 Å². The zero-order valence-corrected chi connectivity index (χ0v) is 37.5. The van der Waals surface area contributed by atoms with Gasteiger partial charge in [-0.2, -0.15) is 5.26 Å². The molecule has 8 rings (SSSR count). The fourth-order valence-electron chi connectivity index (χ4n) is 8.05. The van der Waals surface area contributed by atoms with Crippen LogP contribution in [0.4, 0.5) is 11.5 Å². The van der Waals surface area contributed by atoms with E-state index >= 15 is 0 Å². The van der Waals surface area contributed by atoms with E-state index in [1.54, 1.807) is 87.2 Å². The van der Waals surface area contributed by atoms with E-state index in [9.17, 15) is 18.0 Å². The number of nitrogens with zero attached hydrogens (tertiary/aromatic N) is 5. The summed E-state index contributed by atoms with van der Waals surface area (Å²) in [7, 11) is -1.89. The molecule has 0 spiro atoms. The van der Waals surface area contributed by atoms with Crippen molar-refractivity contribution in [1.29, 1.82) is 5.26 Å². The number of rotatable bonds is 16. The number of hydrogen-bond donors (Lipinski definition) is 3. The van der Waals surface area contributed by atoms with Crippen molar-refractivity contribution in [2.75, 3.05) is 41.7 Å². The number of sulfonamides is 1. The van der Waals surface area contributed by atoms with Crippen molar-refractivity contribution in [2.45, 2.75) is 63.7 Å². The number of nitriles is 1. The van der Waals surface area contributed by atoms with Crippen LogP contribution in [0.15, 0.2) is 96.3 Å². The lowest BCUT2D eigenvalue weighted by Crippen LogP contribution is -2.40. The molecule has 0 atom stereocenters. The van der Waals surface area contributed by atoms with Crippen molar-refractivity contribution >= 4 is 49.9 Å². The highest BCUT2D eigenvalue weighted by molar-refractivity contribution is 7.92. The number of pyridine rings is 1. The number of amides is 1. The monoisotopic (exact) mass is 920 g/mol. The SMILES string of the molecule is CCS(=O)(=O)Nc1ccc(Oc2cccc(OCCOC3CCN(c4cnc(C(=O)N[C@H]5CC[C@H](Oc6ccc(C#N)c(Cl)c6)CC5)cn4)CC3)c2)c(-c2cn(C)c(=O)c3[nH]ccc23)c1. The molecule has 0 bridgehead atoms. The first-order valence-corrected chi connectivity index (χ1v) is 23.6. The molecule has 65 heavy (non-hydrogen) atoms. The number of piperidine rings is 1. The summed E-state index contributed by atoms with van der Waals surface area (Å²) in [6.45, 7) is 3.73. The molecule has 2 fully saturated rings. The van der Waals surface area contributed by atoms with E-state index in [0.717, 1.165) is 51.6 Å². The smallest absolute Gasteiger partial charge is 0.274 e. The Bertz CT molecular complexity index is 2870. The molecule has 0 unspecified atom stereocenters. The Hall–Kier alpha value is -6.61. The minimum atomic E-state index is -3.55. The standard InChI is InChI=1S/C47H49ClN8O8S/c1-3-65(59,60)54-32-10-14-43(39(23-32)40-29-55(2)47(58)45-38(40)15-18-50-45)64-36-6-4-5-35(24-36)62-22-21-61-33-16-19-56(20-17-33)44-28-51-42(27-52-44)46(57)53-31-8-12-34(13-9-31)63-37-11-7-30(26-49)41(48)25-37/h4-7,10-11,14-15,18,23-25,27-29,31,33-34,50,54H,3,8-9,12-13,16-17,19-22H2,1-2H3,(H,53,57)/t31-,34-. The predicted molar refractivity (Wildman–Crippen MR) is 248 cm³/mol. The number of carbonyl (C=O) groups excluding carboxylic acids is 1. The lowest BCUT2D eigenvalue weighted by atomic mass is 9.93. The Balaban J connectivity index is 0.787. The molecule has 6 aromatic rings. The van der Waals surface area contributed by atoms with E-state index in [-0.39, 0.29) is 41.2 Å². The first-order valence-electron chi connectivity index (χ1n) is 21.5. The maximum Gasteiger partial charge on any atom is 0.274 e. The fraction of sp³-hybridized carbons (Fsp3) is 0.340. The van der Waals surface area contributed by atoms with Crippen LogP contribution in [-0.2, 0) is 21.8 Å². The number of hydrogen-bond acceptors (Lipinski definition) is 12. The minimum Gasteiger partial charge on any atom is -0.491 e. The summed E-state index contributed by atoms with van der Waals surface area (Å²) < 4.78 is 53.7. The third kappa shape index (κ3) is 11.0. The minimum absolute atomic E-state index is 0.00596. The Morgan fingerprint density at radius 1 is 0.923 bits per heavy atom. The number of nitrogens with one attached hydrogen (secondary N) is 3. The molecule has 1 amide bonds. The Kier molecular flexibility index (Phi) is 13.9. The third-order valence-electron chi connectivity index (χ3n) is 11.6. The van der Waals surface area contributed by atoms with Gasteiger partial charge >= 0.3 is 0 Å². The number of aromatic amines is 1. The van der Waals surface area contributed by atoms with Gasteiger partial charge in [0.05, 0.1) is 47.5 Å². The Morgan fingerprint density at radius 2 is 1.72 bits per heavy atom. The number of carbonyl (C=O) groups is 1. The highest BCUT2D eigenvalue weighted by Gasteiger charge is 2.26. The first kappa shape index (κ1) is 45.0. The second-order valence-electron chi connectivity index (χ2n) is 16.0. The number of ether oxygens (including phenoxy) is 4. The van der Waals surface area contributed by atoms with Gasteiger partial charge in [-0.05, 0) is 94.0 Å². The first-order chi connectivity index (χ1) is 31.4. The van der Waals surface area contributed by atoms with Crippen LogP contribution in [0.5, 0.6) is 23.0 Å². The van der Waals surface area contributed by atoms with Gasteiger partial charge in [0.2, 0.25) is 10.0 Å². The molecule has 16 nitrogen and oxygen atoms in total. The van der Waals surface area contributed by atoms with Crippen molar-refractivity contribution in [2.24, 2.45) is 7.05 Å². The lowest BCUT2D eigenvalue weighted by molar-refractivity contribution is 0.0202. The molecule has 2 aliphatic rings. The summed E-state index contributed by atoms with van der Waals surface area (Å²) in [6.07, 6.45) is 11.3. The van der Waals surface area contributed by atoms with E-state index < -0.39 is 10.0 Å². The van der Waals surface area contributed by atoms with Crippen molar-refractivity contribution in [3.05, 3.63) is 118 Å². The summed E-state index contributed by atoms with van der Waals surface area (Å²) >= 11 is 6.15. The molecule has 3 aromatic heterocycles. The molecule has 3 aromatic carbocycles. The van der Waals surface area contributed by atoms with Crippen LogP contribution in [0.2, 0.25) is 5.02 Å². The van der Waals surface area contributed by atoms with Gasteiger partial charge < -0.3 is 38.7 Å². The maximum atomic E-state index is 13.0. The number of aromatic nitrogens is 4. The molecule has 1 aliphatic carbocycles. The number of halogens is 1. The highest BCUT2D eigenvalue weighted by atomic mass is 35.5. The van der Waals surface area contributed by atoms with Crippen molar-refractivity contribution < 1.29 is 32.2 Å². The molecule has 4 heterocycles. The third-order valence-corrected chi connectivity index (χ3v) is 13.2. The molecule has 1 saturated heterocycles. The predicted octanol–water partition coefficient (Wildman–Crippen LogP) is 7.59. The van der Waals surface area contributed by atoms with Gasteiger partial charge in [0.1, 0.15) is 52.7 Å². The van der Waals surface area contributed by atoms with Gasteiger partial charge in [0.25, 0.3) is 11.5 Å². The van der Waals surface area contributed by atoms with E-state index in [0.29, 0.717) is 80.3 Å². The number of anilines is 2. The molecule has 18 heteroatoms. The van der Waals surface area contributed by atoms with Crippen molar-refractivity contribution in [1.82, 2.24) is 24.8 Å². The zero-order chi connectivity index (χ0) is 45.5. The van der Waals surface area contributed by atoms with Gasteiger partial charge in [-0.25, -0.2) is 18.4 Å². The summed E-state index contributed by atoms with van der Waals surface area (Å²) in [6, 6.07) is 21.2. The average molecular weight is 921 g/mol. The Labute approximate surface area is 381 Å². The zero-order valence-electron chi connectivity index (χ0n) is 36.0. The highest BCUT2D eigenvalue weighted by Crippen LogP contribution is 2.39. The molecular formula is C47H49ClN8O8S. The van der Waals surface area contributed by atoms with Crippen LogP contribution in [0, 0.1) is 11.3 Å². The molecule has 338 valence electrons. The van der Waals surface area contributed by atoms with Gasteiger partial charge in [-0.1, -0.05) is 17.7 Å². The number of fused-ring (bicyclic) bond motifs is 1. The average Bonchev–Trinajstić information content (AvgIpc) is 3.81. The molecule has 1 aliphatic heterocycles. The number of benzene rings is 3. The van der Waals surface area contributed by atoms with Crippen molar-refractivity contribution in [3.8, 4) is 40.2 Å². The fourth-order valence-corrected chi connectivity index (χ4v) is 8.89. The van der Waals surface area contributed by atoms with Crippen LogP contribution in [0.25, 0.3) is 22.0 Å². The molecular weight excluding hydrogens is 872 g/mol. The molecule has 3 N–H and O–H groups in total. The lowest BCUT2D eigenvalue weighted by Gasteiger charge is -2.32. The second kappa shape index (κ2) is 20.1. The van der Waals surface area contributed by atoms with Crippen LogP contribution >= 0.6 is 11.6 Å². The summed E-state index contributed by atoms with van der Waals surface area (Å²) in [5, 5.41) is 13.2. The maximum absolute atomic E-state index is 13.0. The van der Waals surface area contributed by atoms with Crippen LogP contribution < -0.4 is 34.7 Å². The second-order valence-corrected chi connectivity index (χ2v) is 18.4. The normalized spacial score (nSPS) is 16.7. The molecule has 0 radical (unpaired) electrons. The van der Waals surface area contributed by atoms with Gasteiger partial charge in [-0.3, -0.25) is 14.3 Å². The van der Waals surface area contributed by atoms with Gasteiger partial charge in [-0.15, -0.1) is 0 Å². The van der Waals surface area contributed by atoms with E-state index in [4.69, 9.17) is 35.8 Å². The van der Waals surface area contributed by atoms with E-state index in [1.165, 1.54) is 10.8 Å². The van der Waals surface area contributed by atoms with E-state index in [1.807, 2.05) is 18.2 Å². The summed E-state index contributed by atoms with van der Waals surface area (Å²) in [4.78, 5) is 40.0. The topological polar surface area (TPSA) is 203 Å². The van der Waals surface area contributed by atoms with Crippen LogP contribution in [-0.4, -0.2) is 84.1 Å². The largest absolute Gasteiger partial charge is 0.491 e. The molecule has 1 saturated carbocycles. The van der Waals surface area contributed by atoms with Crippen molar-refractivity contribution in [3.63, 3.8) is 0 Å². The summed E-state index contributed by atoms with van der Waals surface area (Å²) in [5.74, 6) is 2.55. The van der Waals surface area contributed by atoms with Crippen LogP contribution in [0.1, 0.15) is 61.5 Å². The Morgan fingerprint density at radius 3 is 2.46 bits per heavy atom. The van der Waals surface area contributed by atoms with E-state index in [2.05, 4.69) is 29.9 Å². The van der Waals surface area contributed by atoms with Crippen LogP contribution in [0.3, 0.4) is 0 Å². The van der Waals surface area contributed by atoms with Gasteiger partial charge in [0, 0.05) is 72.9 Å².